The zero-order valence-electron chi connectivity index (χ0n) is 10.2. The molecular weight excluding hydrogens is 198 g/mol. The molecule has 1 unspecified atom stereocenters. The summed E-state index contributed by atoms with van der Waals surface area (Å²) in [4.78, 5) is 4.73. The number of aromatic nitrogens is 2. The molecule has 0 radical (unpaired) electrons. The van der Waals surface area contributed by atoms with Crippen molar-refractivity contribution in [2.24, 2.45) is 0 Å². The van der Waals surface area contributed by atoms with E-state index in [9.17, 15) is 0 Å². The second kappa shape index (κ2) is 4.66. The average molecular weight is 217 g/mol. The van der Waals surface area contributed by atoms with Crippen LogP contribution in [-0.2, 0) is 6.54 Å². The Morgan fingerprint density at radius 1 is 1.31 bits per heavy atom. The van der Waals surface area contributed by atoms with E-state index in [1.165, 1.54) is 5.52 Å². The fraction of sp³-hybridized carbons (Fsp3) is 0.462. The molecule has 0 saturated heterocycles. The van der Waals surface area contributed by atoms with Crippen molar-refractivity contribution < 1.29 is 0 Å². The van der Waals surface area contributed by atoms with Crippen LogP contribution in [0.5, 0.6) is 0 Å². The SMILES string of the molecule is CCC(NC)c1nc2ccccc2n1CC. The highest BCUT2D eigenvalue weighted by atomic mass is 15.1. The Kier molecular flexibility index (Phi) is 3.25. The number of hydrogen-bond donors (Lipinski definition) is 1. The molecule has 16 heavy (non-hydrogen) atoms. The monoisotopic (exact) mass is 217 g/mol. The number of imidazole rings is 1. The summed E-state index contributed by atoms with van der Waals surface area (Å²) in [6.45, 7) is 5.31. The highest BCUT2D eigenvalue weighted by molar-refractivity contribution is 5.76. The summed E-state index contributed by atoms with van der Waals surface area (Å²) in [7, 11) is 1.99. The topological polar surface area (TPSA) is 29.9 Å². The molecule has 0 spiro atoms. The van der Waals surface area contributed by atoms with E-state index in [2.05, 4.69) is 41.9 Å². The van der Waals surface area contributed by atoms with Gasteiger partial charge in [-0.2, -0.15) is 0 Å². The first-order valence-corrected chi connectivity index (χ1v) is 5.94. The maximum atomic E-state index is 4.73. The number of nitrogens with one attached hydrogen (secondary N) is 1. The summed E-state index contributed by atoms with van der Waals surface area (Å²) in [6, 6.07) is 8.66. The molecule has 1 heterocycles. The van der Waals surface area contributed by atoms with E-state index in [-0.39, 0.29) is 0 Å². The Morgan fingerprint density at radius 3 is 2.69 bits per heavy atom. The Bertz CT molecular complexity index is 469. The highest BCUT2D eigenvalue weighted by Gasteiger charge is 2.15. The van der Waals surface area contributed by atoms with Gasteiger partial charge in [0, 0.05) is 6.54 Å². The van der Waals surface area contributed by atoms with Crippen molar-refractivity contribution in [2.75, 3.05) is 7.05 Å². The van der Waals surface area contributed by atoms with E-state index in [1.54, 1.807) is 0 Å². The Hall–Kier alpha value is -1.35. The number of fused-ring (bicyclic) bond motifs is 1. The molecule has 1 N–H and O–H groups in total. The van der Waals surface area contributed by atoms with Gasteiger partial charge in [-0.25, -0.2) is 4.98 Å². The van der Waals surface area contributed by atoms with Gasteiger partial charge < -0.3 is 9.88 Å². The van der Waals surface area contributed by atoms with Gasteiger partial charge in [0.15, 0.2) is 0 Å². The third-order valence-corrected chi connectivity index (χ3v) is 3.07. The van der Waals surface area contributed by atoms with Gasteiger partial charge in [-0.3, -0.25) is 0 Å². The minimum absolute atomic E-state index is 0.340. The number of nitrogens with zero attached hydrogens (tertiary/aromatic N) is 2. The maximum Gasteiger partial charge on any atom is 0.127 e. The Morgan fingerprint density at radius 2 is 2.06 bits per heavy atom. The van der Waals surface area contributed by atoms with Crippen molar-refractivity contribution in [3.63, 3.8) is 0 Å². The molecule has 1 aromatic heterocycles. The molecule has 0 bridgehead atoms. The second-order valence-corrected chi connectivity index (χ2v) is 3.95. The lowest BCUT2D eigenvalue weighted by molar-refractivity contribution is 0.517. The standard InChI is InChI=1S/C13H19N3/c1-4-10(14-3)13-15-11-8-6-7-9-12(11)16(13)5-2/h6-10,14H,4-5H2,1-3H3. The van der Waals surface area contributed by atoms with E-state index in [0.29, 0.717) is 6.04 Å². The van der Waals surface area contributed by atoms with E-state index in [1.807, 2.05) is 13.1 Å². The molecule has 2 rings (SSSR count). The van der Waals surface area contributed by atoms with Crippen LogP contribution in [0.1, 0.15) is 32.1 Å². The molecule has 0 amide bonds. The van der Waals surface area contributed by atoms with Crippen molar-refractivity contribution >= 4 is 11.0 Å². The molecule has 1 aromatic carbocycles. The lowest BCUT2D eigenvalue weighted by Crippen LogP contribution is -2.19. The van der Waals surface area contributed by atoms with Gasteiger partial charge in [0.25, 0.3) is 0 Å². The summed E-state index contributed by atoms with van der Waals surface area (Å²) < 4.78 is 2.29. The number of rotatable bonds is 4. The summed E-state index contributed by atoms with van der Waals surface area (Å²) >= 11 is 0. The van der Waals surface area contributed by atoms with Gasteiger partial charge in [-0.1, -0.05) is 19.1 Å². The van der Waals surface area contributed by atoms with Gasteiger partial charge in [0.2, 0.25) is 0 Å². The number of benzene rings is 1. The van der Waals surface area contributed by atoms with Gasteiger partial charge >= 0.3 is 0 Å². The van der Waals surface area contributed by atoms with Gasteiger partial charge in [-0.15, -0.1) is 0 Å². The molecular formula is C13H19N3. The number of aryl methyl sites for hydroxylation is 1. The molecule has 0 aliphatic rings. The quantitative estimate of drug-likeness (QED) is 0.853. The first-order chi connectivity index (χ1) is 7.81. The minimum Gasteiger partial charge on any atom is -0.327 e. The van der Waals surface area contributed by atoms with Crippen LogP contribution in [-0.4, -0.2) is 16.6 Å². The molecule has 86 valence electrons. The van der Waals surface area contributed by atoms with Crippen molar-refractivity contribution in [3.8, 4) is 0 Å². The predicted molar refractivity (Wildman–Crippen MR) is 67.5 cm³/mol. The lowest BCUT2D eigenvalue weighted by atomic mass is 10.2. The molecule has 0 saturated carbocycles. The predicted octanol–water partition coefficient (Wildman–Crippen LogP) is 2.73. The van der Waals surface area contributed by atoms with Gasteiger partial charge in [-0.05, 0) is 32.5 Å². The van der Waals surface area contributed by atoms with E-state index < -0.39 is 0 Å². The fourth-order valence-electron chi connectivity index (χ4n) is 2.21. The van der Waals surface area contributed by atoms with Crippen LogP contribution in [0.3, 0.4) is 0 Å². The largest absolute Gasteiger partial charge is 0.327 e. The molecule has 3 heteroatoms. The van der Waals surface area contributed by atoms with Crippen molar-refractivity contribution in [1.29, 1.82) is 0 Å². The van der Waals surface area contributed by atoms with E-state index in [4.69, 9.17) is 4.98 Å². The summed E-state index contributed by atoms with van der Waals surface area (Å²) in [5.41, 5.74) is 2.32. The highest BCUT2D eigenvalue weighted by Crippen LogP contribution is 2.22. The van der Waals surface area contributed by atoms with Crippen molar-refractivity contribution in [2.45, 2.75) is 32.9 Å². The zero-order valence-corrected chi connectivity index (χ0v) is 10.2. The van der Waals surface area contributed by atoms with Crippen LogP contribution in [0.25, 0.3) is 11.0 Å². The Labute approximate surface area is 96.5 Å². The lowest BCUT2D eigenvalue weighted by Gasteiger charge is -2.15. The molecule has 1 atom stereocenters. The third-order valence-electron chi connectivity index (χ3n) is 3.07. The van der Waals surface area contributed by atoms with E-state index >= 15 is 0 Å². The zero-order chi connectivity index (χ0) is 11.5. The average Bonchev–Trinajstić information content (AvgIpc) is 2.69. The first-order valence-electron chi connectivity index (χ1n) is 5.94. The van der Waals surface area contributed by atoms with Crippen LogP contribution in [0.15, 0.2) is 24.3 Å². The van der Waals surface area contributed by atoms with Crippen LogP contribution in [0, 0.1) is 0 Å². The number of hydrogen-bond acceptors (Lipinski definition) is 2. The van der Waals surface area contributed by atoms with Crippen LogP contribution in [0.2, 0.25) is 0 Å². The van der Waals surface area contributed by atoms with Gasteiger partial charge in [0.05, 0.1) is 17.1 Å². The maximum absolute atomic E-state index is 4.73. The molecule has 2 aromatic rings. The smallest absolute Gasteiger partial charge is 0.127 e. The summed E-state index contributed by atoms with van der Waals surface area (Å²) in [6.07, 6.45) is 1.06. The second-order valence-electron chi connectivity index (χ2n) is 3.95. The third kappa shape index (κ3) is 1.71. The van der Waals surface area contributed by atoms with Gasteiger partial charge in [0.1, 0.15) is 5.82 Å². The normalized spacial score (nSPS) is 13.2. The van der Waals surface area contributed by atoms with Crippen LogP contribution >= 0.6 is 0 Å². The summed E-state index contributed by atoms with van der Waals surface area (Å²) in [5, 5.41) is 3.32. The van der Waals surface area contributed by atoms with Crippen molar-refractivity contribution in [1.82, 2.24) is 14.9 Å². The fourth-order valence-corrected chi connectivity index (χ4v) is 2.21. The summed E-state index contributed by atoms with van der Waals surface area (Å²) in [5.74, 6) is 1.15. The first kappa shape index (κ1) is 11.1. The molecule has 0 aliphatic carbocycles. The molecule has 3 nitrogen and oxygen atoms in total. The molecule has 0 aliphatic heterocycles. The van der Waals surface area contributed by atoms with E-state index in [0.717, 1.165) is 24.3 Å². The number of para-hydroxylation sites is 2. The van der Waals surface area contributed by atoms with Crippen molar-refractivity contribution in [3.05, 3.63) is 30.1 Å². The van der Waals surface area contributed by atoms with Crippen LogP contribution in [0.4, 0.5) is 0 Å². The minimum atomic E-state index is 0.340. The Balaban J connectivity index is 2.60. The van der Waals surface area contributed by atoms with Crippen LogP contribution < -0.4 is 5.32 Å². The molecule has 0 fully saturated rings.